The van der Waals surface area contributed by atoms with Gasteiger partial charge >= 0.3 is 5.97 Å². The molecule has 4 nitrogen and oxygen atoms in total. The maximum Gasteiger partial charge on any atom is 0.334 e. The molecular formula is C15H20O4. The Labute approximate surface area is 112 Å². The highest BCUT2D eigenvalue weighted by Crippen LogP contribution is 2.51. The predicted molar refractivity (Wildman–Crippen MR) is 69.1 cm³/mol. The summed E-state index contributed by atoms with van der Waals surface area (Å²) >= 11 is 0. The monoisotopic (exact) mass is 264 g/mol. The molecule has 0 amide bonds. The van der Waals surface area contributed by atoms with Gasteiger partial charge in [-0.3, -0.25) is 0 Å². The third kappa shape index (κ3) is 1.70. The van der Waals surface area contributed by atoms with Crippen molar-refractivity contribution in [2.24, 2.45) is 17.8 Å². The average molecular weight is 264 g/mol. The Kier molecular flexibility index (Phi) is 2.67. The maximum atomic E-state index is 11.7. The molecule has 1 saturated carbocycles. The van der Waals surface area contributed by atoms with Gasteiger partial charge in [0, 0.05) is 23.8 Å². The smallest absolute Gasteiger partial charge is 0.334 e. The summed E-state index contributed by atoms with van der Waals surface area (Å²) in [5.74, 6) is -0.819. The highest BCUT2D eigenvalue weighted by molar-refractivity contribution is 5.91. The molecule has 104 valence electrons. The third-order valence-corrected chi connectivity index (χ3v) is 5.10. The van der Waals surface area contributed by atoms with Crippen molar-refractivity contribution < 1.29 is 19.7 Å². The van der Waals surface area contributed by atoms with E-state index in [-0.39, 0.29) is 24.4 Å². The van der Waals surface area contributed by atoms with Gasteiger partial charge in [-0.25, -0.2) is 4.79 Å². The van der Waals surface area contributed by atoms with Gasteiger partial charge in [-0.1, -0.05) is 18.2 Å². The number of ether oxygens (including phenoxy) is 1. The lowest BCUT2D eigenvalue weighted by Gasteiger charge is -2.34. The molecule has 0 unspecified atom stereocenters. The van der Waals surface area contributed by atoms with Gasteiger partial charge in [-0.05, 0) is 20.3 Å². The minimum absolute atomic E-state index is 0.00384. The minimum Gasteiger partial charge on any atom is -0.458 e. The number of hydrogen-bond acceptors (Lipinski definition) is 4. The van der Waals surface area contributed by atoms with E-state index in [2.05, 4.69) is 12.7 Å². The lowest BCUT2D eigenvalue weighted by Crippen LogP contribution is -2.40. The summed E-state index contributed by atoms with van der Waals surface area (Å²) in [4.78, 5) is 11.7. The van der Waals surface area contributed by atoms with Crippen LogP contribution in [0.2, 0.25) is 0 Å². The predicted octanol–water partition coefficient (Wildman–Crippen LogP) is 1.18. The zero-order valence-corrected chi connectivity index (χ0v) is 11.3. The summed E-state index contributed by atoms with van der Waals surface area (Å²) in [5, 5.41) is 21.0. The van der Waals surface area contributed by atoms with Gasteiger partial charge < -0.3 is 14.9 Å². The fraction of sp³-hybridized carbons (Fsp3) is 0.667. The summed E-state index contributed by atoms with van der Waals surface area (Å²) in [6, 6.07) is 0. The second-order valence-corrected chi connectivity index (χ2v) is 6.37. The van der Waals surface area contributed by atoms with Gasteiger partial charge in [-0.2, -0.15) is 0 Å². The van der Waals surface area contributed by atoms with Crippen LogP contribution in [0.5, 0.6) is 0 Å². The number of allylic oxidation sites excluding steroid dienone is 1. The van der Waals surface area contributed by atoms with Crippen LogP contribution < -0.4 is 0 Å². The first kappa shape index (κ1) is 12.9. The lowest BCUT2D eigenvalue weighted by molar-refractivity contribution is -0.142. The molecule has 4 heteroatoms. The normalized spacial score (nSPS) is 49.3. The highest BCUT2D eigenvalue weighted by atomic mass is 16.6. The van der Waals surface area contributed by atoms with E-state index < -0.39 is 23.6 Å². The molecule has 0 aromatic heterocycles. The minimum atomic E-state index is -0.949. The van der Waals surface area contributed by atoms with Crippen LogP contribution in [0, 0.1) is 17.8 Å². The third-order valence-electron chi connectivity index (χ3n) is 5.10. The molecule has 1 saturated heterocycles. The molecule has 6 atom stereocenters. The Morgan fingerprint density at radius 2 is 2.16 bits per heavy atom. The van der Waals surface area contributed by atoms with E-state index in [0.717, 1.165) is 12.0 Å². The van der Waals surface area contributed by atoms with Gasteiger partial charge in [0.05, 0.1) is 17.6 Å². The molecule has 0 aromatic carbocycles. The van der Waals surface area contributed by atoms with Crippen LogP contribution in [0.15, 0.2) is 23.8 Å². The largest absolute Gasteiger partial charge is 0.458 e. The second-order valence-electron chi connectivity index (χ2n) is 6.37. The Morgan fingerprint density at radius 3 is 2.84 bits per heavy atom. The van der Waals surface area contributed by atoms with E-state index in [0.29, 0.717) is 5.57 Å². The van der Waals surface area contributed by atoms with Crippen molar-refractivity contribution in [3.8, 4) is 0 Å². The topological polar surface area (TPSA) is 66.8 Å². The van der Waals surface area contributed by atoms with E-state index in [1.165, 1.54) is 0 Å². The first-order chi connectivity index (χ1) is 8.83. The van der Waals surface area contributed by atoms with Gasteiger partial charge in [0.15, 0.2) is 0 Å². The number of hydrogen-bond donors (Lipinski definition) is 2. The molecule has 0 radical (unpaired) electrons. The molecule has 2 fully saturated rings. The van der Waals surface area contributed by atoms with E-state index in [4.69, 9.17) is 4.74 Å². The van der Waals surface area contributed by atoms with Gasteiger partial charge in [-0.15, -0.1) is 0 Å². The van der Waals surface area contributed by atoms with Crippen molar-refractivity contribution in [3.05, 3.63) is 23.8 Å². The number of aliphatic hydroxyl groups is 2. The Hall–Kier alpha value is -1.13. The number of aliphatic hydroxyl groups excluding tert-OH is 1. The Morgan fingerprint density at radius 1 is 1.47 bits per heavy atom. The average Bonchev–Trinajstić information content (AvgIpc) is 2.78. The van der Waals surface area contributed by atoms with E-state index in [1.807, 2.05) is 6.92 Å². The zero-order chi connectivity index (χ0) is 13.9. The van der Waals surface area contributed by atoms with Gasteiger partial charge in [0.25, 0.3) is 0 Å². The van der Waals surface area contributed by atoms with Gasteiger partial charge in [0.1, 0.15) is 6.10 Å². The fourth-order valence-corrected chi connectivity index (χ4v) is 4.10. The molecule has 3 aliphatic rings. The molecule has 19 heavy (non-hydrogen) atoms. The second kappa shape index (κ2) is 3.93. The quantitative estimate of drug-likeness (QED) is 0.392. The van der Waals surface area contributed by atoms with Crippen LogP contribution in [0.1, 0.15) is 26.7 Å². The van der Waals surface area contributed by atoms with Crippen molar-refractivity contribution in [1.29, 1.82) is 0 Å². The first-order valence-corrected chi connectivity index (χ1v) is 6.80. The molecule has 0 spiro atoms. The number of esters is 1. The molecule has 0 aromatic rings. The molecule has 2 N–H and O–H groups in total. The summed E-state index contributed by atoms with van der Waals surface area (Å²) in [7, 11) is 0. The van der Waals surface area contributed by atoms with Crippen molar-refractivity contribution in [1.82, 2.24) is 0 Å². The van der Waals surface area contributed by atoms with Crippen LogP contribution >= 0.6 is 0 Å². The van der Waals surface area contributed by atoms with Gasteiger partial charge in [0.2, 0.25) is 0 Å². The molecule has 3 rings (SSSR count). The fourth-order valence-electron chi connectivity index (χ4n) is 4.10. The van der Waals surface area contributed by atoms with E-state index in [1.54, 1.807) is 6.92 Å². The first-order valence-electron chi connectivity index (χ1n) is 6.80. The zero-order valence-electron chi connectivity index (χ0n) is 11.3. The van der Waals surface area contributed by atoms with E-state index >= 15 is 0 Å². The highest BCUT2D eigenvalue weighted by Gasteiger charge is 2.57. The summed E-state index contributed by atoms with van der Waals surface area (Å²) in [6.07, 6.45) is 1.97. The molecule has 2 aliphatic carbocycles. The van der Waals surface area contributed by atoms with Crippen LogP contribution in [-0.4, -0.2) is 34.0 Å². The van der Waals surface area contributed by atoms with Crippen molar-refractivity contribution in [2.45, 2.75) is 44.5 Å². The van der Waals surface area contributed by atoms with Crippen LogP contribution in [0.25, 0.3) is 0 Å². The number of rotatable bonds is 0. The molecular weight excluding hydrogens is 244 g/mol. The lowest BCUT2D eigenvalue weighted by atomic mass is 9.76. The van der Waals surface area contributed by atoms with E-state index in [9.17, 15) is 15.0 Å². The SMILES string of the molecule is C=C1C(=O)O[C@H]2[C@H]1[C@H](O)C[C@@](C)(O)[C@H]1CC=C(C)[C@@H]21. The van der Waals surface area contributed by atoms with Crippen LogP contribution in [0.4, 0.5) is 0 Å². The number of carbonyl (C=O) groups is 1. The number of carbonyl (C=O) groups excluding carboxylic acids is 1. The standard InChI is InChI=1S/C15H20O4/c1-7-4-5-9-11(7)13-12(8(2)14(17)19-13)10(16)6-15(9,3)18/h4,9-13,16,18H,2,5-6H2,1,3H3/t9-,10+,11+,12+,13+,15+/m0/s1. The summed E-state index contributed by atoms with van der Waals surface area (Å²) < 4.78 is 5.46. The van der Waals surface area contributed by atoms with Crippen LogP contribution in [-0.2, 0) is 9.53 Å². The summed E-state index contributed by atoms with van der Waals surface area (Å²) in [5.41, 5.74) is 0.528. The number of fused-ring (bicyclic) bond motifs is 3. The molecule has 1 heterocycles. The van der Waals surface area contributed by atoms with Crippen LogP contribution in [0.3, 0.4) is 0 Å². The Bertz CT molecular complexity index is 477. The van der Waals surface area contributed by atoms with Crippen molar-refractivity contribution in [3.63, 3.8) is 0 Å². The van der Waals surface area contributed by atoms with Crippen molar-refractivity contribution >= 4 is 5.97 Å². The maximum absolute atomic E-state index is 11.7. The summed E-state index contributed by atoms with van der Waals surface area (Å²) in [6.45, 7) is 7.54. The van der Waals surface area contributed by atoms with Crippen molar-refractivity contribution in [2.75, 3.05) is 0 Å². The molecule has 0 bridgehead atoms. The Balaban J connectivity index is 2.06. The molecule has 1 aliphatic heterocycles.